The summed E-state index contributed by atoms with van der Waals surface area (Å²) in [4.78, 5) is 15.8. The summed E-state index contributed by atoms with van der Waals surface area (Å²) in [7, 11) is 0. The molecule has 4 aromatic rings. The molecular weight excluding hydrogens is 398 g/mol. The quantitative estimate of drug-likeness (QED) is 0.366. The number of carbonyl (C=O) groups excluding carboxylic acids is 1. The van der Waals surface area contributed by atoms with E-state index in [9.17, 15) is 4.79 Å². The van der Waals surface area contributed by atoms with Gasteiger partial charge in [-0.2, -0.15) is 0 Å². The number of rotatable bonds is 3. The van der Waals surface area contributed by atoms with Gasteiger partial charge in [0.25, 0.3) is 0 Å². The molecule has 0 saturated heterocycles. The fourth-order valence-corrected chi connectivity index (χ4v) is 5.28. The summed E-state index contributed by atoms with van der Waals surface area (Å²) < 4.78 is 12.6. The lowest BCUT2D eigenvalue weighted by molar-refractivity contribution is 0.0225. The van der Waals surface area contributed by atoms with Crippen LogP contribution in [-0.2, 0) is 10.3 Å². The number of hydrogen-bond acceptors (Lipinski definition) is 4. The van der Waals surface area contributed by atoms with Gasteiger partial charge < -0.3 is 14.4 Å². The molecule has 4 heteroatoms. The minimum atomic E-state index is -1.04. The smallest absolute Gasteiger partial charge is 0.340 e. The molecule has 1 spiro atoms. The van der Waals surface area contributed by atoms with E-state index in [0.717, 1.165) is 46.2 Å². The largest absolute Gasteiger partial charge is 0.456 e. The van der Waals surface area contributed by atoms with Gasteiger partial charge in [-0.15, -0.1) is 0 Å². The van der Waals surface area contributed by atoms with E-state index in [1.54, 1.807) is 0 Å². The van der Waals surface area contributed by atoms with Crippen molar-refractivity contribution in [3.63, 3.8) is 0 Å². The fourth-order valence-electron chi connectivity index (χ4n) is 5.28. The van der Waals surface area contributed by atoms with Crippen LogP contribution in [0.4, 0.5) is 5.69 Å². The van der Waals surface area contributed by atoms with Crippen LogP contribution in [0.5, 0.6) is 11.5 Å². The molecule has 2 aliphatic rings. The standard InChI is InChI=1S/C28H23NO3/c1-3-29(4-2)23-17-22-26(19-12-6-5-11-18(19)23)27(30)32-28(22)20-13-7-9-15-24(20)31-25-16-10-8-14-21(25)28/h5-17H,3-4H2,1-2H3. The van der Waals surface area contributed by atoms with Gasteiger partial charge in [0.1, 0.15) is 11.5 Å². The number of ether oxygens (including phenoxy) is 2. The molecule has 0 fully saturated rings. The number of carbonyl (C=O) groups is 1. The molecule has 0 N–H and O–H groups in total. The Kier molecular flexibility index (Phi) is 4.06. The first-order valence-electron chi connectivity index (χ1n) is 11.1. The Morgan fingerprint density at radius 3 is 1.94 bits per heavy atom. The summed E-state index contributed by atoms with van der Waals surface area (Å²) >= 11 is 0. The van der Waals surface area contributed by atoms with Gasteiger partial charge in [0.15, 0.2) is 5.60 Å². The molecule has 0 radical (unpaired) electrons. The van der Waals surface area contributed by atoms with Crippen LogP contribution in [0, 0.1) is 0 Å². The van der Waals surface area contributed by atoms with Crippen LogP contribution in [0.25, 0.3) is 10.8 Å². The zero-order chi connectivity index (χ0) is 21.9. The van der Waals surface area contributed by atoms with E-state index in [4.69, 9.17) is 9.47 Å². The molecule has 0 aromatic heterocycles. The van der Waals surface area contributed by atoms with Crippen LogP contribution in [0.15, 0.2) is 78.9 Å². The zero-order valence-corrected chi connectivity index (χ0v) is 18.1. The molecule has 0 saturated carbocycles. The Bertz CT molecular complexity index is 1340. The SMILES string of the molecule is CCN(CC)c1cc2c(c3ccccc13)C(=O)OC21c2ccccc2Oc2ccccc21. The van der Waals surface area contributed by atoms with Gasteiger partial charge in [-0.3, -0.25) is 0 Å². The Balaban J connectivity index is 1.77. The monoisotopic (exact) mass is 421 g/mol. The minimum Gasteiger partial charge on any atom is -0.456 e. The van der Waals surface area contributed by atoms with Crippen LogP contribution in [0.2, 0.25) is 0 Å². The molecule has 2 aliphatic heterocycles. The molecule has 4 nitrogen and oxygen atoms in total. The molecule has 0 aliphatic carbocycles. The summed E-state index contributed by atoms with van der Waals surface area (Å²) in [5, 5.41) is 1.99. The molecule has 0 bridgehead atoms. The number of para-hydroxylation sites is 2. The number of nitrogens with zero attached hydrogens (tertiary/aromatic N) is 1. The highest BCUT2D eigenvalue weighted by atomic mass is 16.6. The number of hydrogen-bond donors (Lipinski definition) is 0. The predicted octanol–water partition coefficient (Wildman–Crippen LogP) is 6.25. The van der Waals surface area contributed by atoms with Gasteiger partial charge in [-0.05, 0) is 37.4 Å². The second-order valence-corrected chi connectivity index (χ2v) is 8.20. The third kappa shape index (κ3) is 2.35. The first-order valence-corrected chi connectivity index (χ1v) is 11.1. The lowest BCUT2D eigenvalue weighted by Gasteiger charge is -2.37. The Morgan fingerprint density at radius 1 is 0.750 bits per heavy atom. The van der Waals surface area contributed by atoms with Crippen LogP contribution < -0.4 is 9.64 Å². The number of fused-ring (bicyclic) bond motifs is 8. The van der Waals surface area contributed by atoms with Crippen LogP contribution in [0.3, 0.4) is 0 Å². The molecule has 4 aromatic carbocycles. The third-order valence-corrected chi connectivity index (χ3v) is 6.71. The van der Waals surface area contributed by atoms with Crippen molar-refractivity contribution < 1.29 is 14.3 Å². The van der Waals surface area contributed by atoms with E-state index in [1.165, 1.54) is 0 Å². The van der Waals surface area contributed by atoms with Crippen molar-refractivity contribution >= 4 is 22.4 Å². The second kappa shape index (κ2) is 6.86. The van der Waals surface area contributed by atoms with E-state index in [2.05, 4.69) is 30.9 Å². The maximum absolute atomic E-state index is 13.5. The molecule has 158 valence electrons. The van der Waals surface area contributed by atoms with E-state index >= 15 is 0 Å². The van der Waals surface area contributed by atoms with Crippen LogP contribution in [-0.4, -0.2) is 19.1 Å². The summed E-state index contributed by atoms with van der Waals surface area (Å²) in [5.41, 5.74) is 3.31. The van der Waals surface area contributed by atoms with Gasteiger partial charge in [-0.1, -0.05) is 60.7 Å². The maximum Gasteiger partial charge on any atom is 0.340 e. The van der Waals surface area contributed by atoms with Gasteiger partial charge in [-0.25, -0.2) is 4.79 Å². The Morgan fingerprint density at radius 2 is 1.31 bits per heavy atom. The molecule has 0 amide bonds. The highest BCUT2D eigenvalue weighted by molar-refractivity contribution is 6.12. The summed E-state index contributed by atoms with van der Waals surface area (Å²) in [6.07, 6.45) is 0. The van der Waals surface area contributed by atoms with E-state index in [-0.39, 0.29) is 5.97 Å². The van der Waals surface area contributed by atoms with Crippen molar-refractivity contribution in [3.05, 3.63) is 101 Å². The average Bonchev–Trinajstić information content (AvgIpc) is 3.13. The highest BCUT2D eigenvalue weighted by Crippen LogP contribution is 2.57. The fraction of sp³-hybridized carbons (Fsp3) is 0.179. The topological polar surface area (TPSA) is 38.8 Å². The third-order valence-electron chi connectivity index (χ3n) is 6.71. The summed E-state index contributed by atoms with van der Waals surface area (Å²) in [5.74, 6) is 1.13. The molecule has 0 unspecified atom stereocenters. The molecule has 6 rings (SSSR count). The first kappa shape index (κ1) is 18.9. The van der Waals surface area contributed by atoms with Gasteiger partial charge >= 0.3 is 5.97 Å². The van der Waals surface area contributed by atoms with Gasteiger partial charge in [0, 0.05) is 40.9 Å². The van der Waals surface area contributed by atoms with Crippen molar-refractivity contribution in [1.29, 1.82) is 0 Å². The van der Waals surface area contributed by atoms with Crippen molar-refractivity contribution in [2.75, 3.05) is 18.0 Å². The highest BCUT2D eigenvalue weighted by Gasteiger charge is 2.54. The predicted molar refractivity (Wildman–Crippen MR) is 126 cm³/mol. The van der Waals surface area contributed by atoms with E-state index < -0.39 is 5.60 Å². The van der Waals surface area contributed by atoms with Crippen molar-refractivity contribution in [3.8, 4) is 11.5 Å². The summed E-state index contributed by atoms with van der Waals surface area (Å²) in [6.45, 7) is 6.05. The van der Waals surface area contributed by atoms with Gasteiger partial charge in [0.05, 0.1) is 5.56 Å². The Hall–Kier alpha value is -3.79. The zero-order valence-electron chi connectivity index (χ0n) is 18.1. The normalized spacial score (nSPS) is 15.0. The van der Waals surface area contributed by atoms with E-state index in [0.29, 0.717) is 17.1 Å². The Labute approximate surface area is 187 Å². The molecule has 2 heterocycles. The maximum atomic E-state index is 13.5. The lowest BCUT2D eigenvalue weighted by Crippen LogP contribution is -2.33. The minimum absolute atomic E-state index is 0.297. The van der Waals surface area contributed by atoms with Crippen LogP contribution in [0.1, 0.15) is 40.9 Å². The lowest BCUT2D eigenvalue weighted by atomic mass is 9.76. The van der Waals surface area contributed by atoms with Gasteiger partial charge in [0.2, 0.25) is 0 Å². The molecule has 32 heavy (non-hydrogen) atoms. The molecular formula is C28H23NO3. The molecule has 0 atom stereocenters. The van der Waals surface area contributed by atoms with Crippen molar-refractivity contribution in [2.45, 2.75) is 19.4 Å². The summed E-state index contributed by atoms with van der Waals surface area (Å²) in [6, 6.07) is 26.0. The second-order valence-electron chi connectivity index (χ2n) is 8.20. The average molecular weight is 421 g/mol. The first-order chi connectivity index (χ1) is 15.7. The van der Waals surface area contributed by atoms with Crippen LogP contribution >= 0.6 is 0 Å². The number of benzene rings is 4. The number of esters is 1. The van der Waals surface area contributed by atoms with Crippen molar-refractivity contribution in [1.82, 2.24) is 0 Å². The van der Waals surface area contributed by atoms with Crippen molar-refractivity contribution in [2.24, 2.45) is 0 Å². The number of anilines is 1. The van der Waals surface area contributed by atoms with E-state index in [1.807, 2.05) is 66.7 Å².